The lowest BCUT2D eigenvalue weighted by Gasteiger charge is -2.42. The SMILES string of the molecule is CNC1CCCC1CCN1CC(C)OC(C)(C)C1. The minimum absolute atomic E-state index is 0.0236. The van der Waals surface area contributed by atoms with Crippen LogP contribution in [-0.4, -0.2) is 49.3 Å². The number of hydrogen-bond acceptors (Lipinski definition) is 3. The lowest BCUT2D eigenvalue weighted by atomic mass is 9.98. The molecule has 0 aromatic carbocycles. The van der Waals surface area contributed by atoms with E-state index in [0.29, 0.717) is 6.10 Å². The molecule has 3 heteroatoms. The monoisotopic (exact) mass is 254 g/mol. The highest BCUT2D eigenvalue weighted by Gasteiger charge is 2.32. The largest absolute Gasteiger partial charge is 0.370 e. The molecule has 1 saturated heterocycles. The molecule has 0 spiro atoms. The predicted molar refractivity (Wildman–Crippen MR) is 75.9 cm³/mol. The van der Waals surface area contributed by atoms with Gasteiger partial charge in [-0.2, -0.15) is 0 Å². The average Bonchev–Trinajstić information content (AvgIpc) is 2.70. The van der Waals surface area contributed by atoms with Gasteiger partial charge in [0.25, 0.3) is 0 Å². The summed E-state index contributed by atoms with van der Waals surface area (Å²) in [7, 11) is 2.11. The van der Waals surface area contributed by atoms with E-state index >= 15 is 0 Å². The number of ether oxygens (including phenoxy) is 1. The van der Waals surface area contributed by atoms with Crippen molar-refractivity contribution in [1.29, 1.82) is 0 Å². The maximum absolute atomic E-state index is 5.96. The average molecular weight is 254 g/mol. The fourth-order valence-corrected chi connectivity index (χ4v) is 3.87. The molecular weight excluding hydrogens is 224 g/mol. The molecule has 3 nitrogen and oxygen atoms in total. The van der Waals surface area contributed by atoms with Crippen molar-refractivity contribution < 1.29 is 4.74 Å². The molecule has 2 fully saturated rings. The molecule has 0 aromatic rings. The zero-order valence-corrected chi connectivity index (χ0v) is 12.5. The molecule has 18 heavy (non-hydrogen) atoms. The van der Waals surface area contributed by atoms with E-state index in [9.17, 15) is 0 Å². The third kappa shape index (κ3) is 3.69. The normalized spacial score (nSPS) is 37.0. The number of nitrogens with one attached hydrogen (secondary N) is 1. The summed E-state index contributed by atoms with van der Waals surface area (Å²) < 4.78 is 5.96. The number of rotatable bonds is 4. The molecule has 1 aliphatic heterocycles. The number of morpholine rings is 1. The first-order valence-electron chi connectivity index (χ1n) is 7.57. The Balaban J connectivity index is 1.79. The van der Waals surface area contributed by atoms with E-state index in [2.05, 4.69) is 38.0 Å². The van der Waals surface area contributed by atoms with Gasteiger partial charge in [-0.05, 0) is 59.5 Å². The van der Waals surface area contributed by atoms with Crippen molar-refractivity contribution in [3.8, 4) is 0 Å². The second-order valence-corrected chi connectivity index (χ2v) is 6.80. The van der Waals surface area contributed by atoms with Gasteiger partial charge in [0.05, 0.1) is 11.7 Å². The second kappa shape index (κ2) is 5.89. The van der Waals surface area contributed by atoms with Gasteiger partial charge in [0.1, 0.15) is 0 Å². The van der Waals surface area contributed by atoms with E-state index in [1.807, 2.05) is 0 Å². The Morgan fingerprint density at radius 2 is 2.11 bits per heavy atom. The Morgan fingerprint density at radius 3 is 2.78 bits per heavy atom. The van der Waals surface area contributed by atoms with Gasteiger partial charge in [-0.15, -0.1) is 0 Å². The summed E-state index contributed by atoms with van der Waals surface area (Å²) in [6.45, 7) is 10.0. The molecular formula is C15H30N2O. The van der Waals surface area contributed by atoms with Gasteiger partial charge in [0.15, 0.2) is 0 Å². The third-order valence-electron chi connectivity index (χ3n) is 4.49. The lowest BCUT2D eigenvalue weighted by Crippen LogP contribution is -2.52. The highest BCUT2D eigenvalue weighted by Crippen LogP contribution is 2.29. The standard InChI is InChI=1S/C15H30N2O/c1-12-10-17(11-15(2,3)18-12)9-8-13-6-5-7-14(13)16-4/h12-14,16H,5-11H2,1-4H3. The molecule has 1 saturated carbocycles. The molecule has 106 valence electrons. The molecule has 2 rings (SSSR count). The molecule has 1 heterocycles. The van der Waals surface area contributed by atoms with Crippen LogP contribution in [0.25, 0.3) is 0 Å². The molecule has 1 N–H and O–H groups in total. The molecule has 0 bridgehead atoms. The zero-order chi connectivity index (χ0) is 13.2. The molecule has 1 aliphatic carbocycles. The number of nitrogens with zero attached hydrogens (tertiary/aromatic N) is 1. The van der Waals surface area contributed by atoms with Gasteiger partial charge in [0.2, 0.25) is 0 Å². The molecule has 0 aromatic heterocycles. The van der Waals surface area contributed by atoms with Crippen LogP contribution in [0.5, 0.6) is 0 Å². The van der Waals surface area contributed by atoms with Crippen LogP contribution in [0, 0.1) is 5.92 Å². The second-order valence-electron chi connectivity index (χ2n) is 6.80. The van der Waals surface area contributed by atoms with Crippen molar-refractivity contribution in [3.05, 3.63) is 0 Å². The highest BCUT2D eigenvalue weighted by molar-refractivity contribution is 4.86. The minimum Gasteiger partial charge on any atom is -0.370 e. The summed E-state index contributed by atoms with van der Waals surface area (Å²) >= 11 is 0. The lowest BCUT2D eigenvalue weighted by molar-refractivity contribution is -0.129. The smallest absolute Gasteiger partial charge is 0.0757 e. The van der Waals surface area contributed by atoms with Crippen LogP contribution in [0.4, 0.5) is 0 Å². The van der Waals surface area contributed by atoms with Crippen molar-refractivity contribution in [2.45, 2.75) is 64.2 Å². The fraction of sp³-hybridized carbons (Fsp3) is 1.00. The minimum atomic E-state index is 0.0236. The molecule has 2 aliphatic rings. The van der Waals surface area contributed by atoms with Crippen LogP contribution in [0.1, 0.15) is 46.5 Å². The summed E-state index contributed by atoms with van der Waals surface area (Å²) in [4.78, 5) is 2.60. The van der Waals surface area contributed by atoms with E-state index in [1.54, 1.807) is 0 Å². The van der Waals surface area contributed by atoms with Crippen LogP contribution < -0.4 is 5.32 Å². The quantitative estimate of drug-likeness (QED) is 0.833. The summed E-state index contributed by atoms with van der Waals surface area (Å²) in [6, 6.07) is 0.761. The topological polar surface area (TPSA) is 24.5 Å². The first kappa shape index (κ1) is 14.3. The van der Waals surface area contributed by atoms with E-state index in [-0.39, 0.29) is 5.60 Å². The van der Waals surface area contributed by atoms with Crippen molar-refractivity contribution in [2.24, 2.45) is 5.92 Å². The van der Waals surface area contributed by atoms with Crippen LogP contribution in [0.2, 0.25) is 0 Å². The van der Waals surface area contributed by atoms with Gasteiger partial charge < -0.3 is 10.1 Å². The summed E-state index contributed by atoms with van der Waals surface area (Å²) in [6.07, 6.45) is 5.90. The first-order valence-corrected chi connectivity index (χ1v) is 7.57. The fourth-order valence-electron chi connectivity index (χ4n) is 3.87. The third-order valence-corrected chi connectivity index (χ3v) is 4.49. The maximum atomic E-state index is 5.96. The van der Waals surface area contributed by atoms with Gasteiger partial charge in [-0.1, -0.05) is 6.42 Å². The van der Waals surface area contributed by atoms with Crippen molar-refractivity contribution in [2.75, 3.05) is 26.7 Å². The van der Waals surface area contributed by atoms with Crippen molar-refractivity contribution in [3.63, 3.8) is 0 Å². The van der Waals surface area contributed by atoms with E-state index < -0.39 is 0 Å². The zero-order valence-electron chi connectivity index (χ0n) is 12.5. The summed E-state index contributed by atoms with van der Waals surface area (Å²) in [5.41, 5.74) is 0.0236. The Kier molecular flexibility index (Phi) is 4.68. The maximum Gasteiger partial charge on any atom is 0.0757 e. The Bertz CT molecular complexity index is 267. The van der Waals surface area contributed by atoms with E-state index in [4.69, 9.17) is 4.74 Å². The summed E-state index contributed by atoms with van der Waals surface area (Å²) in [5.74, 6) is 0.885. The van der Waals surface area contributed by atoms with Gasteiger partial charge >= 0.3 is 0 Å². The van der Waals surface area contributed by atoms with Gasteiger partial charge in [0, 0.05) is 19.1 Å². The van der Waals surface area contributed by atoms with Crippen LogP contribution in [-0.2, 0) is 4.74 Å². The van der Waals surface area contributed by atoms with Crippen LogP contribution in [0.3, 0.4) is 0 Å². The van der Waals surface area contributed by atoms with Crippen molar-refractivity contribution >= 4 is 0 Å². The Morgan fingerprint density at radius 1 is 1.33 bits per heavy atom. The van der Waals surface area contributed by atoms with Crippen LogP contribution in [0.15, 0.2) is 0 Å². The first-order chi connectivity index (χ1) is 8.50. The Labute approximate surface area is 112 Å². The van der Waals surface area contributed by atoms with Gasteiger partial charge in [-0.25, -0.2) is 0 Å². The number of hydrogen-bond donors (Lipinski definition) is 1. The predicted octanol–water partition coefficient (Wildman–Crippen LogP) is 2.26. The molecule has 0 radical (unpaired) electrons. The Hall–Kier alpha value is -0.120. The van der Waals surface area contributed by atoms with Gasteiger partial charge in [-0.3, -0.25) is 4.90 Å². The molecule has 0 amide bonds. The van der Waals surface area contributed by atoms with E-state index in [0.717, 1.165) is 25.0 Å². The molecule has 3 atom stereocenters. The van der Waals surface area contributed by atoms with Crippen molar-refractivity contribution in [1.82, 2.24) is 10.2 Å². The molecule has 3 unspecified atom stereocenters. The van der Waals surface area contributed by atoms with E-state index in [1.165, 1.54) is 32.2 Å². The summed E-state index contributed by atoms with van der Waals surface area (Å²) in [5, 5.41) is 3.48. The highest BCUT2D eigenvalue weighted by atomic mass is 16.5. The van der Waals surface area contributed by atoms with Crippen LogP contribution >= 0.6 is 0 Å².